The number of aryl methyl sites for hydroxylation is 2. The van der Waals surface area contributed by atoms with Gasteiger partial charge in [-0.05, 0) is 43.7 Å². The lowest BCUT2D eigenvalue weighted by Gasteiger charge is -2.28. The normalized spacial score (nSPS) is 14.5. The summed E-state index contributed by atoms with van der Waals surface area (Å²) < 4.78 is 1.72. The molecule has 2 aromatic carbocycles. The van der Waals surface area contributed by atoms with Crippen molar-refractivity contribution in [2.75, 3.05) is 14.1 Å². The van der Waals surface area contributed by atoms with Gasteiger partial charge in [-0.1, -0.05) is 35.9 Å². The Morgan fingerprint density at radius 1 is 0.871 bits per heavy atom. The highest BCUT2D eigenvalue weighted by atomic mass is 16.2. The lowest BCUT2D eigenvalue weighted by atomic mass is 9.99. The number of rotatable bonds is 3. The lowest BCUT2D eigenvalue weighted by Crippen LogP contribution is -2.52. The molecular formula is C24H22N4O3. The monoisotopic (exact) mass is 414 g/mol. The van der Waals surface area contributed by atoms with Crippen LogP contribution in [-0.4, -0.2) is 51.5 Å². The first kappa shape index (κ1) is 20.3. The molecular weight excluding hydrogens is 392 g/mol. The maximum Gasteiger partial charge on any atom is 0.333 e. The summed E-state index contributed by atoms with van der Waals surface area (Å²) in [5, 5.41) is 4.78. The van der Waals surface area contributed by atoms with Crippen molar-refractivity contribution < 1.29 is 14.4 Å². The van der Waals surface area contributed by atoms with Gasteiger partial charge in [0.05, 0.1) is 5.69 Å². The Balaban J connectivity index is 1.92. The predicted octanol–water partition coefficient (Wildman–Crippen LogP) is 3.59. The minimum atomic E-state index is -0.651. The smallest absolute Gasteiger partial charge is 0.268 e. The Bertz CT molecular complexity index is 1210. The number of amides is 4. The molecule has 0 unspecified atom stereocenters. The number of hydrogen-bond donors (Lipinski definition) is 0. The molecule has 0 N–H and O–H groups in total. The second-order valence-electron chi connectivity index (χ2n) is 7.60. The van der Waals surface area contributed by atoms with Crippen LogP contribution in [0.15, 0.2) is 60.3 Å². The van der Waals surface area contributed by atoms with Crippen LogP contribution in [0.3, 0.4) is 0 Å². The number of para-hydroxylation sites is 1. The SMILES string of the molecule is Cc1ccc(C)c(-c2nn(-c3ccccc3)cc2C=C2C(=O)N(C)C(=O)N(C)C2=O)c1. The molecule has 7 heteroatoms. The van der Waals surface area contributed by atoms with Gasteiger partial charge in [0.25, 0.3) is 11.8 Å². The highest BCUT2D eigenvalue weighted by Crippen LogP contribution is 2.30. The van der Waals surface area contributed by atoms with Gasteiger partial charge in [-0.2, -0.15) is 5.10 Å². The van der Waals surface area contributed by atoms with Crippen molar-refractivity contribution in [3.8, 4) is 16.9 Å². The molecule has 1 saturated heterocycles. The van der Waals surface area contributed by atoms with Gasteiger partial charge in [-0.15, -0.1) is 0 Å². The van der Waals surface area contributed by atoms with E-state index in [0.29, 0.717) is 11.3 Å². The van der Waals surface area contributed by atoms with Crippen molar-refractivity contribution in [2.45, 2.75) is 13.8 Å². The Morgan fingerprint density at radius 2 is 1.52 bits per heavy atom. The van der Waals surface area contributed by atoms with Crippen LogP contribution in [0.4, 0.5) is 4.79 Å². The predicted molar refractivity (Wildman–Crippen MR) is 117 cm³/mol. The van der Waals surface area contributed by atoms with Crippen LogP contribution in [0.1, 0.15) is 16.7 Å². The van der Waals surface area contributed by atoms with Crippen LogP contribution in [-0.2, 0) is 9.59 Å². The number of nitrogens with zero attached hydrogens (tertiary/aromatic N) is 4. The maximum absolute atomic E-state index is 12.7. The maximum atomic E-state index is 12.7. The molecule has 1 aliphatic heterocycles. The van der Waals surface area contributed by atoms with Crippen molar-refractivity contribution in [3.05, 3.63) is 77.0 Å². The Labute approximate surface area is 180 Å². The van der Waals surface area contributed by atoms with Gasteiger partial charge in [0.2, 0.25) is 0 Å². The summed E-state index contributed by atoms with van der Waals surface area (Å²) in [6, 6.07) is 15.0. The van der Waals surface area contributed by atoms with Crippen LogP contribution in [0.5, 0.6) is 0 Å². The van der Waals surface area contributed by atoms with E-state index in [1.54, 1.807) is 10.9 Å². The first-order valence-electron chi connectivity index (χ1n) is 9.82. The standard InChI is InChI=1S/C24H22N4O3/c1-15-10-11-16(2)19(12-15)21-17(14-28(25-21)18-8-6-5-7-9-18)13-20-22(29)26(3)24(31)27(4)23(20)30/h5-14H,1-4H3. The number of barbiturate groups is 1. The number of hydrogen-bond acceptors (Lipinski definition) is 4. The third-order valence-corrected chi connectivity index (χ3v) is 5.36. The molecule has 2 heterocycles. The first-order chi connectivity index (χ1) is 14.8. The molecule has 1 fully saturated rings. The number of imide groups is 2. The van der Waals surface area contributed by atoms with E-state index in [1.807, 2.05) is 62.4 Å². The lowest BCUT2D eigenvalue weighted by molar-refractivity contribution is -0.134. The van der Waals surface area contributed by atoms with Crippen LogP contribution in [0.2, 0.25) is 0 Å². The number of aromatic nitrogens is 2. The highest BCUT2D eigenvalue weighted by molar-refractivity contribution is 6.30. The van der Waals surface area contributed by atoms with Gasteiger partial charge < -0.3 is 0 Å². The fraction of sp³-hybridized carbons (Fsp3) is 0.167. The number of carbonyl (C=O) groups excluding carboxylic acids is 3. The Hall–Kier alpha value is -4.00. The van der Waals surface area contributed by atoms with Crippen molar-refractivity contribution in [1.82, 2.24) is 19.6 Å². The minimum absolute atomic E-state index is 0.0798. The van der Waals surface area contributed by atoms with E-state index < -0.39 is 17.8 Å². The second-order valence-corrected chi connectivity index (χ2v) is 7.60. The van der Waals surface area contributed by atoms with Gasteiger partial charge in [-0.25, -0.2) is 9.48 Å². The zero-order valence-corrected chi connectivity index (χ0v) is 17.8. The van der Waals surface area contributed by atoms with E-state index in [4.69, 9.17) is 5.10 Å². The first-order valence-corrected chi connectivity index (χ1v) is 9.82. The average Bonchev–Trinajstić information content (AvgIpc) is 3.20. The molecule has 0 bridgehead atoms. The quantitative estimate of drug-likeness (QED) is 0.485. The number of likely N-dealkylation sites (N-methyl/N-ethyl adjacent to an activating group) is 2. The fourth-order valence-electron chi connectivity index (χ4n) is 3.54. The van der Waals surface area contributed by atoms with Crippen LogP contribution in [0.25, 0.3) is 23.0 Å². The van der Waals surface area contributed by atoms with E-state index in [1.165, 1.54) is 20.2 Å². The average molecular weight is 414 g/mol. The van der Waals surface area contributed by atoms with Crippen LogP contribution >= 0.6 is 0 Å². The Morgan fingerprint density at radius 3 is 2.16 bits per heavy atom. The molecule has 3 aromatic rings. The zero-order valence-electron chi connectivity index (χ0n) is 17.8. The summed E-state index contributed by atoms with van der Waals surface area (Å²) >= 11 is 0. The van der Waals surface area contributed by atoms with Crippen molar-refractivity contribution in [3.63, 3.8) is 0 Å². The van der Waals surface area contributed by atoms with E-state index in [0.717, 1.165) is 32.2 Å². The van der Waals surface area contributed by atoms with Gasteiger partial charge in [0, 0.05) is 31.4 Å². The summed E-state index contributed by atoms with van der Waals surface area (Å²) in [6.45, 7) is 3.99. The fourth-order valence-corrected chi connectivity index (χ4v) is 3.54. The summed E-state index contributed by atoms with van der Waals surface area (Å²) in [5.41, 5.74) is 5.05. The molecule has 1 aliphatic rings. The largest absolute Gasteiger partial charge is 0.333 e. The summed E-state index contributed by atoms with van der Waals surface area (Å²) in [7, 11) is 2.72. The third kappa shape index (κ3) is 3.54. The van der Waals surface area contributed by atoms with Crippen molar-refractivity contribution >= 4 is 23.9 Å². The number of benzene rings is 2. The molecule has 0 atom stereocenters. The molecule has 4 amide bonds. The van der Waals surface area contributed by atoms with E-state index in [9.17, 15) is 14.4 Å². The molecule has 1 aromatic heterocycles. The van der Waals surface area contributed by atoms with E-state index in [-0.39, 0.29) is 5.57 Å². The number of carbonyl (C=O) groups is 3. The molecule has 0 saturated carbocycles. The van der Waals surface area contributed by atoms with Crippen LogP contribution in [0, 0.1) is 13.8 Å². The van der Waals surface area contributed by atoms with Gasteiger partial charge in [0.15, 0.2) is 0 Å². The molecule has 0 radical (unpaired) electrons. The minimum Gasteiger partial charge on any atom is -0.268 e. The second kappa shape index (κ2) is 7.68. The molecule has 4 rings (SSSR count). The third-order valence-electron chi connectivity index (χ3n) is 5.36. The molecule has 7 nitrogen and oxygen atoms in total. The summed E-state index contributed by atoms with van der Waals surface area (Å²) in [4.78, 5) is 39.4. The molecule has 156 valence electrons. The topological polar surface area (TPSA) is 75.5 Å². The summed E-state index contributed by atoms with van der Waals surface area (Å²) in [5.74, 6) is -1.26. The van der Waals surface area contributed by atoms with Gasteiger partial charge in [0.1, 0.15) is 11.3 Å². The summed E-state index contributed by atoms with van der Waals surface area (Å²) in [6.07, 6.45) is 3.31. The molecule has 31 heavy (non-hydrogen) atoms. The zero-order chi connectivity index (χ0) is 22.3. The van der Waals surface area contributed by atoms with E-state index in [2.05, 4.69) is 0 Å². The van der Waals surface area contributed by atoms with E-state index >= 15 is 0 Å². The van der Waals surface area contributed by atoms with Crippen molar-refractivity contribution in [1.29, 1.82) is 0 Å². The number of urea groups is 1. The molecule has 0 spiro atoms. The Kier molecular flexibility index (Phi) is 5.02. The van der Waals surface area contributed by atoms with Crippen LogP contribution < -0.4 is 0 Å². The van der Waals surface area contributed by atoms with Crippen molar-refractivity contribution in [2.24, 2.45) is 0 Å². The molecule has 0 aliphatic carbocycles. The van der Waals surface area contributed by atoms with Gasteiger partial charge >= 0.3 is 6.03 Å². The highest BCUT2D eigenvalue weighted by Gasteiger charge is 2.38. The van der Waals surface area contributed by atoms with Gasteiger partial charge in [-0.3, -0.25) is 19.4 Å².